The predicted octanol–water partition coefficient (Wildman–Crippen LogP) is 2.71. The molecule has 1 atom stereocenters. The second-order valence-electron chi connectivity index (χ2n) is 5.10. The van der Waals surface area contributed by atoms with Crippen LogP contribution >= 0.6 is 11.3 Å². The molecule has 2 aromatic heterocycles. The maximum atomic E-state index is 12.3. The van der Waals surface area contributed by atoms with Crippen LogP contribution in [-0.4, -0.2) is 27.3 Å². The van der Waals surface area contributed by atoms with Crippen LogP contribution in [0.1, 0.15) is 30.7 Å². The zero-order valence-electron chi connectivity index (χ0n) is 12.1. The Morgan fingerprint density at radius 1 is 1.36 bits per heavy atom. The molecule has 0 aliphatic carbocycles. The summed E-state index contributed by atoms with van der Waals surface area (Å²) >= 11 is 1.47. The van der Waals surface area contributed by atoms with Gasteiger partial charge < -0.3 is 4.90 Å². The van der Waals surface area contributed by atoms with Gasteiger partial charge in [-0.25, -0.2) is 9.97 Å². The summed E-state index contributed by atoms with van der Waals surface area (Å²) in [5, 5.41) is 11.2. The molecular formula is C15H16N4OS2. The van der Waals surface area contributed by atoms with E-state index in [2.05, 4.69) is 20.9 Å². The molecular weight excluding hydrogens is 316 g/mol. The molecule has 7 heteroatoms. The normalized spacial score (nSPS) is 16.2. The van der Waals surface area contributed by atoms with E-state index in [0.29, 0.717) is 17.2 Å². The van der Waals surface area contributed by atoms with Gasteiger partial charge in [0, 0.05) is 13.1 Å². The van der Waals surface area contributed by atoms with Gasteiger partial charge in [0.15, 0.2) is 0 Å². The molecule has 0 N–H and O–H groups in total. The summed E-state index contributed by atoms with van der Waals surface area (Å²) in [5.41, 5.74) is 0.493. The highest BCUT2D eigenvalue weighted by Crippen LogP contribution is 2.22. The van der Waals surface area contributed by atoms with Crippen LogP contribution in [0.3, 0.4) is 0 Å². The zero-order valence-corrected chi connectivity index (χ0v) is 13.7. The summed E-state index contributed by atoms with van der Waals surface area (Å²) < 4.78 is 13.1. The van der Waals surface area contributed by atoms with E-state index in [1.807, 2.05) is 17.5 Å². The Hall–Kier alpha value is -1.78. The molecule has 114 valence electrons. The molecule has 1 unspecified atom stereocenters. The summed E-state index contributed by atoms with van der Waals surface area (Å²) in [5.74, 6) is 1.51. The number of hydrogen-bond donors (Lipinski definition) is 0. The highest BCUT2D eigenvalue weighted by Gasteiger charge is 2.18. The fourth-order valence-electron chi connectivity index (χ4n) is 2.48. The lowest BCUT2D eigenvalue weighted by Gasteiger charge is -2.28. The van der Waals surface area contributed by atoms with E-state index in [9.17, 15) is 9.47 Å². The van der Waals surface area contributed by atoms with Crippen molar-refractivity contribution < 1.29 is 4.21 Å². The van der Waals surface area contributed by atoms with Crippen LogP contribution in [0.15, 0.2) is 27.9 Å². The first-order chi connectivity index (χ1) is 10.8. The van der Waals surface area contributed by atoms with Crippen LogP contribution < -0.4 is 4.90 Å². The molecule has 1 fully saturated rings. The second-order valence-corrected chi connectivity index (χ2v) is 7.73. The van der Waals surface area contributed by atoms with Crippen molar-refractivity contribution in [3.05, 3.63) is 35.1 Å². The summed E-state index contributed by atoms with van der Waals surface area (Å²) in [7, 11) is -1.13. The number of thiophene rings is 1. The Morgan fingerprint density at radius 3 is 2.86 bits per heavy atom. The van der Waals surface area contributed by atoms with Crippen LogP contribution in [0.4, 0.5) is 5.82 Å². The number of piperidine rings is 1. The first kappa shape index (κ1) is 15.1. The third kappa shape index (κ3) is 3.34. The molecule has 1 aliphatic heterocycles. The number of nitriles is 1. The van der Waals surface area contributed by atoms with Gasteiger partial charge in [-0.3, -0.25) is 4.21 Å². The van der Waals surface area contributed by atoms with Crippen LogP contribution in [0, 0.1) is 11.3 Å². The van der Waals surface area contributed by atoms with Gasteiger partial charge in [0.05, 0.1) is 27.0 Å². The predicted molar refractivity (Wildman–Crippen MR) is 87.2 cm³/mol. The summed E-state index contributed by atoms with van der Waals surface area (Å²) in [4.78, 5) is 10.9. The number of aromatic nitrogens is 2. The minimum atomic E-state index is -1.13. The molecule has 1 aliphatic rings. The maximum Gasteiger partial charge on any atom is 0.150 e. The van der Waals surface area contributed by atoms with Gasteiger partial charge in [-0.2, -0.15) is 5.26 Å². The topological polar surface area (TPSA) is 69.9 Å². The maximum absolute atomic E-state index is 12.3. The van der Waals surface area contributed by atoms with Crippen LogP contribution in [0.2, 0.25) is 0 Å². The monoisotopic (exact) mass is 332 g/mol. The van der Waals surface area contributed by atoms with Crippen LogP contribution in [-0.2, 0) is 16.6 Å². The van der Waals surface area contributed by atoms with Crippen molar-refractivity contribution in [2.75, 3.05) is 18.0 Å². The first-order valence-electron chi connectivity index (χ1n) is 7.21. The molecule has 3 heterocycles. The van der Waals surface area contributed by atoms with Crippen molar-refractivity contribution in [2.45, 2.75) is 29.2 Å². The lowest BCUT2D eigenvalue weighted by atomic mass is 10.1. The Bertz CT molecular complexity index is 703. The fraction of sp³-hybridized carbons (Fsp3) is 0.400. The van der Waals surface area contributed by atoms with E-state index in [1.165, 1.54) is 17.8 Å². The highest BCUT2D eigenvalue weighted by atomic mass is 32.2. The van der Waals surface area contributed by atoms with Gasteiger partial charge in [-0.15, -0.1) is 11.3 Å². The Kier molecular flexibility index (Phi) is 4.80. The van der Waals surface area contributed by atoms with Crippen LogP contribution in [0.5, 0.6) is 0 Å². The lowest BCUT2D eigenvalue weighted by Crippen LogP contribution is -2.31. The van der Waals surface area contributed by atoms with E-state index in [0.717, 1.165) is 30.1 Å². The van der Waals surface area contributed by atoms with Gasteiger partial charge in [-0.05, 0) is 30.7 Å². The standard InChI is InChI=1S/C15H16N4OS2/c16-9-12-10-17-13(11-22(20)14-5-4-8-21-14)18-15(12)19-6-2-1-3-7-19/h4-5,8,10H,1-3,6-7,11H2. The van der Waals surface area contributed by atoms with E-state index in [1.54, 1.807) is 6.20 Å². The molecule has 2 aromatic rings. The molecule has 22 heavy (non-hydrogen) atoms. The molecule has 0 radical (unpaired) electrons. The van der Waals surface area contributed by atoms with E-state index < -0.39 is 10.8 Å². The number of anilines is 1. The van der Waals surface area contributed by atoms with Crippen molar-refractivity contribution in [1.29, 1.82) is 5.26 Å². The van der Waals surface area contributed by atoms with E-state index in [4.69, 9.17) is 0 Å². The minimum Gasteiger partial charge on any atom is -0.355 e. The van der Waals surface area contributed by atoms with Gasteiger partial charge in [0.25, 0.3) is 0 Å². The number of nitrogens with zero attached hydrogens (tertiary/aromatic N) is 4. The quantitative estimate of drug-likeness (QED) is 0.861. The minimum absolute atomic E-state index is 0.285. The zero-order chi connectivity index (χ0) is 15.4. The van der Waals surface area contributed by atoms with Gasteiger partial charge in [0.1, 0.15) is 23.3 Å². The number of rotatable bonds is 4. The van der Waals surface area contributed by atoms with E-state index in [-0.39, 0.29) is 5.75 Å². The molecule has 1 saturated heterocycles. The average molecular weight is 332 g/mol. The lowest BCUT2D eigenvalue weighted by molar-refractivity contribution is 0.572. The molecule has 0 bridgehead atoms. The number of hydrogen-bond acceptors (Lipinski definition) is 6. The third-order valence-electron chi connectivity index (χ3n) is 3.57. The van der Waals surface area contributed by atoms with Crippen molar-refractivity contribution in [2.24, 2.45) is 0 Å². The SMILES string of the molecule is N#Cc1cnc(CS(=O)c2cccs2)nc1N1CCCCC1. The largest absolute Gasteiger partial charge is 0.355 e. The fourth-order valence-corrected chi connectivity index (χ4v) is 4.45. The van der Waals surface area contributed by atoms with Crippen LogP contribution in [0.25, 0.3) is 0 Å². The van der Waals surface area contributed by atoms with Crippen molar-refractivity contribution in [3.8, 4) is 6.07 Å². The van der Waals surface area contributed by atoms with E-state index >= 15 is 0 Å². The average Bonchev–Trinajstić information content (AvgIpc) is 3.10. The third-order valence-corrected chi connectivity index (χ3v) is 6.19. The molecule has 5 nitrogen and oxygen atoms in total. The first-order valence-corrected chi connectivity index (χ1v) is 9.40. The van der Waals surface area contributed by atoms with Gasteiger partial charge in [0.2, 0.25) is 0 Å². The molecule has 3 rings (SSSR count). The Labute approximate surface area is 136 Å². The molecule has 0 saturated carbocycles. The smallest absolute Gasteiger partial charge is 0.150 e. The van der Waals surface area contributed by atoms with Gasteiger partial charge >= 0.3 is 0 Å². The van der Waals surface area contributed by atoms with Crippen molar-refractivity contribution in [3.63, 3.8) is 0 Å². The Morgan fingerprint density at radius 2 is 2.18 bits per heavy atom. The van der Waals surface area contributed by atoms with Gasteiger partial charge in [-0.1, -0.05) is 6.07 Å². The second kappa shape index (κ2) is 6.99. The van der Waals surface area contributed by atoms with Crippen molar-refractivity contribution in [1.82, 2.24) is 9.97 Å². The summed E-state index contributed by atoms with van der Waals surface area (Å²) in [6, 6.07) is 5.90. The molecule has 0 spiro atoms. The summed E-state index contributed by atoms with van der Waals surface area (Å²) in [6.07, 6.45) is 5.01. The Balaban J connectivity index is 1.83. The van der Waals surface area contributed by atoms with Crippen molar-refractivity contribution >= 4 is 28.0 Å². The molecule has 0 amide bonds. The summed E-state index contributed by atoms with van der Waals surface area (Å²) in [6.45, 7) is 1.83. The highest BCUT2D eigenvalue weighted by molar-refractivity contribution is 7.86. The molecule has 0 aromatic carbocycles.